The van der Waals surface area contributed by atoms with E-state index in [0.717, 1.165) is 11.3 Å². The summed E-state index contributed by atoms with van der Waals surface area (Å²) < 4.78 is 10.6. The number of rotatable bonds is 6. The number of amides is 2. The van der Waals surface area contributed by atoms with Crippen LogP contribution in [-0.4, -0.2) is 31.8 Å². The van der Waals surface area contributed by atoms with Crippen molar-refractivity contribution >= 4 is 35.0 Å². The van der Waals surface area contributed by atoms with Crippen molar-refractivity contribution in [2.75, 3.05) is 30.2 Å². The van der Waals surface area contributed by atoms with Crippen LogP contribution < -0.4 is 19.7 Å². The number of ether oxygens (including phenoxy) is 2. The number of carbonyl (C=O) groups excluding carboxylic acids is 2. The Bertz CT molecular complexity index is 1100. The van der Waals surface area contributed by atoms with Crippen molar-refractivity contribution in [3.8, 4) is 11.5 Å². The first-order chi connectivity index (χ1) is 15.1. The zero-order valence-corrected chi connectivity index (χ0v) is 18.0. The van der Waals surface area contributed by atoms with Crippen LogP contribution in [0.5, 0.6) is 11.5 Å². The van der Waals surface area contributed by atoms with Crippen LogP contribution in [0.15, 0.2) is 72.8 Å². The van der Waals surface area contributed by atoms with Crippen LogP contribution >= 0.6 is 11.8 Å². The maximum atomic E-state index is 12.7. The van der Waals surface area contributed by atoms with Gasteiger partial charge in [-0.2, -0.15) is 0 Å². The van der Waals surface area contributed by atoms with Crippen LogP contribution in [0.2, 0.25) is 0 Å². The van der Waals surface area contributed by atoms with Crippen LogP contribution in [0.1, 0.15) is 21.3 Å². The molecule has 0 radical (unpaired) electrons. The predicted molar refractivity (Wildman–Crippen MR) is 123 cm³/mol. The first kappa shape index (κ1) is 20.8. The number of hydrogen-bond donors (Lipinski definition) is 1. The number of thioether (sulfide) groups is 1. The average Bonchev–Trinajstić information content (AvgIpc) is 3.20. The Morgan fingerprint density at radius 3 is 2.52 bits per heavy atom. The standard InChI is InChI=1S/C24H22N2O4S/c1-29-19-12-10-16(11-13-19)23(28)25-18-7-5-6-17(14-18)24-26(22(27)15-31-24)20-8-3-4-9-21(20)30-2/h3-14,24H,15H2,1-2H3,(H,25,28). The molecule has 1 aliphatic heterocycles. The van der Waals surface area contributed by atoms with Crippen molar-refractivity contribution in [2.24, 2.45) is 0 Å². The van der Waals surface area contributed by atoms with Gasteiger partial charge in [0.15, 0.2) is 0 Å². The Kier molecular flexibility index (Phi) is 6.13. The van der Waals surface area contributed by atoms with Gasteiger partial charge in [-0.25, -0.2) is 0 Å². The van der Waals surface area contributed by atoms with E-state index in [1.807, 2.05) is 48.5 Å². The van der Waals surface area contributed by atoms with Crippen LogP contribution in [0, 0.1) is 0 Å². The second kappa shape index (κ2) is 9.14. The molecule has 158 valence electrons. The van der Waals surface area contributed by atoms with Gasteiger partial charge in [-0.3, -0.25) is 14.5 Å². The molecule has 1 aliphatic rings. The van der Waals surface area contributed by atoms with E-state index in [4.69, 9.17) is 9.47 Å². The third-order valence-electron chi connectivity index (χ3n) is 4.99. The molecule has 4 rings (SSSR count). The lowest BCUT2D eigenvalue weighted by Gasteiger charge is -2.26. The normalized spacial score (nSPS) is 15.6. The summed E-state index contributed by atoms with van der Waals surface area (Å²) in [6.07, 6.45) is 0. The number of nitrogens with one attached hydrogen (secondary N) is 1. The Morgan fingerprint density at radius 1 is 1.00 bits per heavy atom. The quantitative estimate of drug-likeness (QED) is 0.607. The molecule has 1 saturated heterocycles. The number of hydrogen-bond acceptors (Lipinski definition) is 5. The van der Waals surface area contributed by atoms with Crippen molar-refractivity contribution in [3.63, 3.8) is 0 Å². The molecule has 0 spiro atoms. The molecular weight excluding hydrogens is 412 g/mol. The number of benzene rings is 3. The van der Waals surface area contributed by atoms with Gasteiger partial charge in [-0.1, -0.05) is 24.3 Å². The van der Waals surface area contributed by atoms with Crippen molar-refractivity contribution in [3.05, 3.63) is 83.9 Å². The van der Waals surface area contributed by atoms with Crippen molar-refractivity contribution in [1.29, 1.82) is 0 Å². The summed E-state index contributed by atoms with van der Waals surface area (Å²) in [4.78, 5) is 27.1. The molecule has 1 atom stereocenters. The van der Waals surface area contributed by atoms with Crippen molar-refractivity contribution in [1.82, 2.24) is 0 Å². The summed E-state index contributed by atoms with van der Waals surface area (Å²) in [5.74, 6) is 1.53. The fraction of sp³-hybridized carbons (Fsp3) is 0.167. The van der Waals surface area contributed by atoms with E-state index >= 15 is 0 Å². The zero-order valence-electron chi connectivity index (χ0n) is 17.2. The van der Waals surface area contributed by atoms with E-state index in [1.165, 1.54) is 0 Å². The van der Waals surface area contributed by atoms with Gasteiger partial charge in [0.25, 0.3) is 5.91 Å². The molecule has 0 aromatic heterocycles. The first-order valence-electron chi connectivity index (χ1n) is 9.73. The highest BCUT2D eigenvalue weighted by Gasteiger charge is 2.35. The minimum absolute atomic E-state index is 0.0205. The van der Waals surface area contributed by atoms with Gasteiger partial charge in [-0.05, 0) is 54.1 Å². The topological polar surface area (TPSA) is 67.9 Å². The maximum Gasteiger partial charge on any atom is 0.255 e. The van der Waals surface area contributed by atoms with E-state index < -0.39 is 0 Å². The molecule has 1 heterocycles. The highest BCUT2D eigenvalue weighted by molar-refractivity contribution is 8.00. The van der Waals surface area contributed by atoms with E-state index in [1.54, 1.807) is 55.1 Å². The highest BCUT2D eigenvalue weighted by Crippen LogP contribution is 2.45. The lowest BCUT2D eigenvalue weighted by atomic mass is 10.1. The SMILES string of the molecule is COc1ccc(C(=O)Nc2cccc(C3SCC(=O)N3c3ccccc3OC)c2)cc1. The molecular formula is C24H22N2O4S. The molecule has 3 aromatic rings. The summed E-state index contributed by atoms with van der Waals surface area (Å²) in [5, 5.41) is 2.72. The zero-order chi connectivity index (χ0) is 21.8. The van der Waals surface area contributed by atoms with Crippen LogP contribution in [0.4, 0.5) is 11.4 Å². The molecule has 0 bridgehead atoms. The minimum atomic E-state index is -0.212. The van der Waals surface area contributed by atoms with E-state index in [2.05, 4.69) is 5.32 Å². The number of para-hydroxylation sites is 2. The third kappa shape index (κ3) is 4.36. The smallest absolute Gasteiger partial charge is 0.255 e. The van der Waals surface area contributed by atoms with Crippen LogP contribution in [0.3, 0.4) is 0 Å². The maximum absolute atomic E-state index is 12.7. The molecule has 3 aromatic carbocycles. The number of methoxy groups -OCH3 is 2. The molecule has 1 N–H and O–H groups in total. The number of carbonyl (C=O) groups is 2. The molecule has 1 fully saturated rings. The van der Waals surface area contributed by atoms with E-state index in [9.17, 15) is 9.59 Å². The summed E-state index contributed by atoms with van der Waals surface area (Å²) in [6, 6.07) is 22.0. The molecule has 2 amide bonds. The van der Waals surface area contributed by atoms with E-state index in [-0.39, 0.29) is 17.2 Å². The lowest BCUT2D eigenvalue weighted by molar-refractivity contribution is -0.115. The van der Waals surface area contributed by atoms with Gasteiger partial charge >= 0.3 is 0 Å². The summed E-state index contributed by atoms with van der Waals surface area (Å²) in [7, 11) is 3.18. The van der Waals surface area contributed by atoms with Gasteiger partial charge in [0.05, 0.1) is 25.7 Å². The Balaban J connectivity index is 1.58. The molecule has 7 heteroatoms. The van der Waals surface area contributed by atoms with Crippen LogP contribution in [-0.2, 0) is 4.79 Å². The molecule has 0 saturated carbocycles. The third-order valence-corrected chi connectivity index (χ3v) is 6.21. The Labute approximate surface area is 185 Å². The number of nitrogens with zero attached hydrogens (tertiary/aromatic N) is 1. The van der Waals surface area contributed by atoms with Gasteiger partial charge in [0, 0.05) is 11.3 Å². The fourth-order valence-electron chi connectivity index (χ4n) is 3.48. The summed E-state index contributed by atoms with van der Waals surface area (Å²) in [6.45, 7) is 0. The van der Waals surface area contributed by atoms with Gasteiger partial charge in [0.1, 0.15) is 16.9 Å². The van der Waals surface area contributed by atoms with Crippen LogP contribution in [0.25, 0.3) is 0 Å². The lowest BCUT2D eigenvalue weighted by Crippen LogP contribution is -2.28. The minimum Gasteiger partial charge on any atom is -0.497 e. The second-order valence-corrected chi connectivity index (χ2v) is 7.98. The van der Waals surface area contributed by atoms with Crippen molar-refractivity contribution < 1.29 is 19.1 Å². The molecule has 1 unspecified atom stereocenters. The largest absolute Gasteiger partial charge is 0.497 e. The highest BCUT2D eigenvalue weighted by atomic mass is 32.2. The summed E-state index contributed by atoms with van der Waals surface area (Å²) >= 11 is 1.55. The number of anilines is 2. The van der Waals surface area contributed by atoms with E-state index in [0.29, 0.717) is 28.5 Å². The van der Waals surface area contributed by atoms with Gasteiger partial charge in [0.2, 0.25) is 5.91 Å². The summed E-state index contributed by atoms with van der Waals surface area (Å²) in [5.41, 5.74) is 2.86. The predicted octanol–water partition coefficient (Wildman–Crippen LogP) is 4.73. The first-order valence-corrected chi connectivity index (χ1v) is 10.8. The monoisotopic (exact) mass is 434 g/mol. The van der Waals surface area contributed by atoms with Crippen molar-refractivity contribution in [2.45, 2.75) is 5.37 Å². The average molecular weight is 435 g/mol. The molecule has 31 heavy (non-hydrogen) atoms. The second-order valence-electron chi connectivity index (χ2n) is 6.91. The molecule has 0 aliphatic carbocycles. The Morgan fingerprint density at radius 2 is 1.77 bits per heavy atom. The molecule has 6 nitrogen and oxygen atoms in total. The van der Waals surface area contributed by atoms with Gasteiger partial charge < -0.3 is 14.8 Å². The van der Waals surface area contributed by atoms with Gasteiger partial charge in [-0.15, -0.1) is 11.8 Å². The fourth-order valence-corrected chi connectivity index (χ4v) is 4.63. The Hall–Kier alpha value is -3.45.